The first kappa shape index (κ1) is 56.2. The molecule has 1 aliphatic rings. The molecule has 0 saturated carbocycles. The molecule has 3 heterocycles. The summed E-state index contributed by atoms with van der Waals surface area (Å²) in [5, 5.41) is 2.22. The topological polar surface area (TPSA) is 62.7 Å². The number of benzene rings is 6. The summed E-state index contributed by atoms with van der Waals surface area (Å²) in [5.74, 6) is 26.0. The maximum Gasteiger partial charge on any atom is 0.494 e. The third kappa shape index (κ3) is 17.0. The molecule has 6 nitrogen and oxygen atoms in total. The van der Waals surface area contributed by atoms with Crippen LogP contribution in [0, 0.1) is 47.4 Å². The molecule has 0 radical (unpaired) electrons. The molecule has 382 valence electrons. The van der Waals surface area contributed by atoms with Crippen molar-refractivity contribution in [1.29, 1.82) is 0 Å². The molecule has 0 N–H and O–H groups in total. The van der Waals surface area contributed by atoms with Gasteiger partial charge in [0.25, 0.3) is 0 Å². The minimum Gasteiger partial charge on any atom is -0.494 e. The smallest absolute Gasteiger partial charge is 0.494 e. The van der Waals surface area contributed by atoms with Crippen LogP contribution in [-0.2, 0) is 9.31 Å². The summed E-state index contributed by atoms with van der Waals surface area (Å²) >= 11 is 3.47. The number of aromatic nitrogens is 2. The highest BCUT2D eigenvalue weighted by atomic mass is 79.9. The van der Waals surface area contributed by atoms with Gasteiger partial charge in [-0.05, 0) is 199 Å². The molecule has 0 amide bonds. The fourth-order valence-corrected chi connectivity index (χ4v) is 8.36. The fourth-order valence-electron chi connectivity index (χ4n) is 7.98. The van der Waals surface area contributed by atoms with Crippen LogP contribution in [0.4, 0.5) is 0 Å². The van der Waals surface area contributed by atoms with E-state index in [1.807, 2.05) is 128 Å². The Kier molecular flexibility index (Phi) is 21.4. The monoisotopic (exact) mass is 1060 g/mol. The van der Waals surface area contributed by atoms with Gasteiger partial charge in [-0.2, -0.15) is 0 Å². The van der Waals surface area contributed by atoms with Gasteiger partial charge < -0.3 is 18.8 Å². The molecule has 76 heavy (non-hydrogen) atoms. The van der Waals surface area contributed by atoms with Crippen molar-refractivity contribution >= 4 is 50.3 Å². The molecule has 0 bridgehead atoms. The average Bonchev–Trinajstić information content (AvgIpc) is 3.67. The Balaban J connectivity index is 0.000000173. The van der Waals surface area contributed by atoms with Gasteiger partial charge in [-0.25, -0.2) is 0 Å². The van der Waals surface area contributed by atoms with Gasteiger partial charge >= 0.3 is 7.12 Å². The molecule has 1 fully saturated rings. The van der Waals surface area contributed by atoms with Crippen molar-refractivity contribution in [3.05, 3.63) is 197 Å². The van der Waals surface area contributed by atoms with E-state index in [2.05, 4.69) is 151 Å². The average molecular weight is 1070 g/mol. The van der Waals surface area contributed by atoms with Gasteiger partial charge in [0, 0.05) is 44.5 Å². The third-order valence-corrected chi connectivity index (χ3v) is 13.7. The van der Waals surface area contributed by atoms with Crippen molar-refractivity contribution in [1.82, 2.24) is 9.97 Å². The summed E-state index contributed by atoms with van der Waals surface area (Å²) in [7, 11) is -0.311. The van der Waals surface area contributed by atoms with Crippen LogP contribution in [0.15, 0.2) is 175 Å². The molecule has 1 saturated heterocycles. The molecular formula is C68H66BBrN2O4. The lowest BCUT2D eigenvalue weighted by molar-refractivity contribution is 0.00578. The summed E-state index contributed by atoms with van der Waals surface area (Å²) in [6, 6.07) is 52.2. The van der Waals surface area contributed by atoms with Gasteiger partial charge in [0.15, 0.2) is 0 Å². The van der Waals surface area contributed by atoms with E-state index in [0.717, 1.165) is 103 Å². The van der Waals surface area contributed by atoms with Gasteiger partial charge in [0.1, 0.15) is 11.5 Å². The van der Waals surface area contributed by atoms with E-state index in [1.165, 1.54) is 38.5 Å². The number of rotatable bonds is 14. The van der Waals surface area contributed by atoms with Crippen LogP contribution in [-0.4, -0.2) is 41.5 Å². The Morgan fingerprint density at radius 3 is 1.53 bits per heavy atom. The molecule has 6 aromatic carbocycles. The summed E-state index contributed by atoms with van der Waals surface area (Å²) in [5.41, 5.74) is 8.40. The van der Waals surface area contributed by atoms with Gasteiger partial charge in [0.2, 0.25) is 0 Å². The number of ether oxygens (including phenoxy) is 2. The number of nitrogens with zero attached hydrogens (tertiary/aromatic N) is 2. The Labute approximate surface area is 460 Å². The lowest BCUT2D eigenvalue weighted by Crippen LogP contribution is -2.41. The molecular weight excluding hydrogens is 999 g/mol. The van der Waals surface area contributed by atoms with E-state index < -0.39 is 0 Å². The Morgan fingerprint density at radius 1 is 0.487 bits per heavy atom. The van der Waals surface area contributed by atoms with Crippen molar-refractivity contribution in [2.45, 2.75) is 104 Å². The molecule has 1 aliphatic heterocycles. The number of pyridine rings is 2. The van der Waals surface area contributed by atoms with E-state index in [9.17, 15) is 0 Å². The summed E-state index contributed by atoms with van der Waals surface area (Å²) in [6.07, 6.45) is 13.3. The van der Waals surface area contributed by atoms with E-state index in [-0.39, 0.29) is 18.3 Å². The van der Waals surface area contributed by atoms with Crippen molar-refractivity contribution in [2.75, 3.05) is 13.2 Å². The zero-order chi connectivity index (χ0) is 53.4. The minimum atomic E-state index is -0.311. The second-order valence-electron chi connectivity index (χ2n) is 19.3. The predicted molar refractivity (Wildman–Crippen MR) is 318 cm³/mol. The molecule has 9 rings (SSSR count). The highest BCUT2D eigenvalue weighted by Gasteiger charge is 2.51. The predicted octanol–water partition coefficient (Wildman–Crippen LogP) is 15.6. The Morgan fingerprint density at radius 2 is 0.974 bits per heavy atom. The quantitative estimate of drug-likeness (QED) is 0.0614. The maximum atomic E-state index is 6.06. The van der Waals surface area contributed by atoms with Gasteiger partial charge in [0.05, 0.1) is 35.4 Å². The van der Waals surface area contributed by atoms with Crippen molar-refractivity contribution in [2.24, 2.45) is 0 Å². The van der Waals surface area contributed by atoms with Crippen LogP contribution < -0.4 is 14.9 Å². The van der Waals surface area contributed by atoms with E-state index in [1.54, 1.807) is 6.20 Å². The van der Waals surface area contributed by atoms with Gasteiger partial charge in [-0.15, -0.1) is 0 Å². The molecule has 0 spiro atoms. The van der Waals surface area contributed by atoms with Crippen molar-refractivity contribution < 1.29 is 18.8 Å². The van der Waals surface area contributed by atoms with Gasteiger partial charge in [-0.3, -0.25) is 9.97 Å². The first-order valence-electron chi connectivity index (χ1n) is 26.4. The third-order valence-electron chi connectivity index (χ3n) is 13.0. The Hall–Kier alpha value is -7.56. The standard InChI is InChI=1S/C31H27NO.C22H21BrO.C15H18BNO2/c1-2-3-4-9-23-33-29-19-16-25(17-20-29)11-5-6-12-26-13-7-8-15-30(26)27-18-21-31-28(24-27)14-10-22-32-31;1-2-3-4-9-18-24-21-16-14-19(15-17-21)10-5-6-11-20-12-7-8-13-22(20)23;1-14(2)15(3,4)19-16(18-14)12-7-8-13-11(10-12)6-5-9-17-13/h7-8,10,13-22,24H,2-4,9,23H2,1H3;7-8,12-17H,2-4,9,18H2,1H3;5-10H,1-4H3. The van der Waals surface area contributed by atoms with E-state index in [0.29, 0.717) is 0 Å². The molecule has 0 aliphatic carbocycles. The lowest BCUT2D eigenvalue weighted by atomic mass is 9.78. The molecule has 0 atom stereocenters. The normalized spacial score (nSPS) is 12.6. The van der Waals surface area contributed by atoms with E-state index >= 15 is 0 Å². The first-order chi connectivity index (χ1) is 37.0. The SMILES string of the molecule is CC1(C)OB(c2ccc3ncccc3c2)OC1(C)C.CCCCCCOc1ccc(C#CC#Cc2ccccc2-c2ccc3ncccc3c2)cc1.CCCCCCOc1ccc(C#CC#Cc2ccccc2Br)cc1. The summed E-state index contributed by atoms with van der Waals surface area (Å²) < 4.78 is 24.6. The highest BCUT2D eigenvalue weighted by Crippen LogP contribution is 2.36. The van der Waals surface area contributed by atoms with Crippen molar-refractivity contribution in [3.8, 4) is 70.0 Å². The second kappa shape index (κ2) is 28.9. The minimum absolute atomic E-state index is 0.304. The highest BCUT2D eigenvalue weighted by molar-refractivity contribution is 9.10. The molecule has 2 aromatic heterocycles. The molecule has 0 unspecified atom stereocenters. The number of hydrogen-bond donors (Lipinski definition) is 0. The number of hydrogen-bond acceptors (Lipinski definition) is 6. The second-order valence-corrected chi connectivity index (χ2v) is 20.2. The van der Waals surface area contributed by atoms with Crippen LogP contribution in [0.3, 0.4) is 0 Å². The Bertz CT molecular complexity index is 3400. The maximum absolute atomic E-state index is 6.06. The lowest BCUT2D eigenvalue weighted by Gasteiger charge is -2.32. The zero-order valence-corrected chi connectivity index (χ0v) is 46.3. The van der Waals surface area contributed by atoms with Crippen LogP contribution >= 0.6 is 15.9 Å². The summed E-state index contributed by atoms with van der Waals surface area (Å²) in [4.78, 5) is 8.73. The van der Waals surface area contributed by atoms with Crippen LogP contribution in [0.25, 0.3) is 32.9 Å². The number of fused-ring (bicyclic) bond motifs is 2. The van der Waals surface area contributed by atoms with E-state index in [4.69, 9.17) is 18.8 Å². The van der Waals surface area contributed by atoms with Gasteiger partial charge in [-0.1, -0.05) is 137 Å². The number of unbranched alkanes of at least 4 members (excludes halogenated alkanes) is 6. The van der Waals surface area contributed by atoms with Crippen LogP contribution in [0.1, 0.15) is 115 Å². The number of halogens is 1. The summed E-state index contributed by atoms with van der Waals surface area (Å²) in [6.45, 7) is 14.2. The largest absolute Gasteiger partial charge is 0.494 e. The zero-order valence-electron chi connectivity index (χ0n) is 44.7. The van der Waals surface area contributed by atoms with Crippen molar-refractivity contribution in [3.63, 3.8) is 0 Å². The molecule has 8 heteroatoms. The fraction of sp³-hybridized carbons (Fsp3) is 0.265. The van der Waals surface area contributed by atoms with Crippen LogP contribution in [0.2, 0.25) is 0 Å². The van der Waals surface area contributed by atoms with Crippen LogP contribution in [0.5, 0.6) is 11.5 Å². The molecule has 8 aromatic rings. The first-order valence-corrected chi connectivity index (χ1v) is 27.2.